The monoisotopic (exact) mass is 579 g/mol. The molecule has 16 heteroatoms. The van der Waals surface area contributed by atoms with E-state index in [0.29, 0.717) is 12.1 Å². The average Bonchev–Trinajstić information content (AvgIpc) is 3.39. The Morgan fingerprint density at radius 2 is 1.55 bits per heavy atom. The molecule has 0 fully saturated rings. The molecule has 3 aromatic rings. The summed E-state index contributed by atoms with van der Waals surface area (Å²) in [6.45, 7) is -0.338. The fourth-order valence-electron chi connectivity index (χ4n) is 4.21. The number of hydrogen-bond donors (Lipinski definition) is 2. The number of carbonyl (C=O) groups is 1. The number of H-pyrrole nitrogens is 1. The van der Waals surface area contributed by atoms with Gasteiger partial charge in [-0.15, -0.1) is 10.2 Å². The fraction of sp³-hybridized carbons (Fsp3) is 0.333. The Morgan fingerprint density at radius 1 is 0.900 bits per heavy atom. The minimum Gasteiger partial charge on any atom is -0.494 e. The Hall–Kier alpha value is -4.11. The number of ether oxygens (including phenoxy) is 1. The van der Waals surface area contributed by atoms with Crippen LogP contribution in [0.3, 0.4) is 0 Å². The van der Waals surface area contributed by atoms with Gasteiger partial charge >= 0.3 is 18.5 Å². The number of rotatable bonds is 7. The highest BCUT2D eigenvalue weighted by atomic mass is 19.4. The minimum absolute atomic E-state index is 0.00336. The molecule has 1 aromatic heterocycles. The summed E-state index contributed by atoms with van der Waals surface area (Å²) in [6, 6.07) is 7.43. The number of halogens is 9. The van der Waals surface area contributed by atoms with Gasteiger partial charge in [0.05, 0.1) is 17.7 Å². The molecule has 1 atom stereocenters. The van der Waals surface area contributed by atoms with Crippen LogP contribution in [0.2, 0.25) is 0 Å². The fourth-order valence-corrected chi connectivity index (χ4v) is 4.21. The Bertz CT molecular complexity index is 1360. The molecule has 214 valence electrons. The first-order valence-electron chi connectivity index (χ1n) is 11.4. The van der Waals surface area contributed by atoms with E-state index >= 15 is 0 Å². The second kappa shape index (κ2) is 10.5. The number of carbonyl (C=O) groups excluding carboxylic acids is 1. The summed E-state index contributed by atoms with van der Waals surface area (Å²) in [5.41, 5.74) is -5.36. The largest absolute Gasteiger partial charge is 0.494 e. The molecule has 1 aliphatic rings. The summed E-state index contributed by atoms with van der Waals surface area (Å²) in [7, 11) is 0. The number of nitrogens with zero attached hydrogens (tertiary/aromatic N) is 3. The van der Waals surface area contributed by atoms with E-state index in [9.17, 15) is 44.3 Å². The first-order chi connectivity index (χ1) is 18.6. The lowest BCUT2D eigenvalue weighted by Gasteiger charge is -2.41. The highest BCUT2D eigenvalue weighted by molar-refractivity contribution is 6.27. The zero-order valence-corrected chi connectivity index (χ0v) is 20.0. The van der Waals surface area contributed by atoms with Crippen molar-refractivity contribution in [2.75, 3.05) is 6.61 Å². The van der Waals surface area contributed by atoms with Crippen LogP contribution in [0.5, 0.6) is 5.75 Å². The highest BCUT2D eigenvalue weighted by Gasteiger charge is 2.60. The van der Waals surface area contributed by atoms with Crippen LogP contribution in [0.15, 0.2) is 48.5 Å². The molecule has 0 saturated heterocycles. The molecule has 2 aromatic carbocycles. The predicted octanol–water partition coefficient (Wildman–Crippen LogP) is 5.83. The van der Waals surface area contributed by atoms with E-state index in [2.05, 4.69) is 20.6 Å². The molecule has 0 radical (unpaired) electrons. The molecule has 4 rings (SSSR count). The van der Waals surface area contributed by atoms with Crippen molar-refractivity contribution in [1.29, 1.82) is 0 Å². The van der Waals surface area contributed by atoms with E-state index < -0.39 is 59.5 Å². The van der Waals surface area contributed by atoms with Crippen molar-refractivity contribution in [3.05, 3.63) is 71.0 Å². The minimum atomic E-state index is -5.11. The third-order valence-corrected chi connectivity index (χ3v) is 6.13. The Labute approximate surface area is 219 Å². The molecule has 0 aliphatic carbocycles. The number of benzene rings is 2. The normalized spacial score (nSPS) is 18.6. The van der Waals surface area contributed by atoms with Gasteiger partial charge in [0, 0.05) is 12.8 Å². The van der Waals surface area contributed by atoms with E-state index in [1.54, 1.807) is 0 Å². The zero-order chi connectivity index (χ0) is 29.3. The second-order valence-electron chi connectivity index (χ2n) is 8.79. The van der Waals surface area contributed by atoms with Crippen LogP contribution in [0, 0.1) is 0 Å². The van der Waals surface area contributed by atoms with Gasteiger partial charge in [0.2, 0.25) is 5.82 Å². The van der Waals surface area contributed by atoms with E-state index in [4.69, 9.17) is 4.74 Å². The van der Waals surface area contributed by atoms with Crippen molar-refractivity contribution in [3.8, 4) is 5.75 Å². The van der Waals surface area contributed by atoms with Crippen LogP contribution in [0.25, 0.3) is 11.1 Å². The Morgan fingerprint density at radius 3 is 2.08 bits per heavy atom. The van der Waals surface area contributed by atoms with Gasteiger partial charge in [-0.1, -0.05) is 24.3 Å². The standard InChI is InChI=1S/C24H18F9N5O2/c25-22(26,27)10-1-11-40-16-8-6-14(7-9-16)21(24(31,32)33)12-17(13-2-4-15(5-3-13)23(28,29)30)18(20(39)34-21)19-35-37-38-36-19/h2-9H,1,10-12H2,(H,34,39)(H,35,36,37,38). The molecule has 40 heavy (non-hydrogen) atoms. The van der Waals surface area contributed by atoms with Gasteiger partial charge in [0.25, 0.3) is 5.91 Å². The molecule has 0 spiro atoms. The first kappa shape index (κ1) is 28.9. The summed E-state index contributed by atoms with van der Waals surface area (Å²) in [6.07, 6.45) is -16.6. The van der Waals surface area contributed by atoms with E-state index in [-0.39, 0.29) is 35.7 Å². The summed E-state index contributed by atoms with van der Waals surface area (Å²) in [4.78, 5) is 13.2. The molecule has 0 saturated carbocycles. The van der Waals surface area contributed by atoms with Crippen LogP contribution in [0.4, 0.5) is 39.5 Å². The predicted molar refractivity (Wildman–Crippen MR) is 120 cm³/mol. The van der Waals surface area contributed by atoms with Crippen molar-refractivity contribution in [2.45, 2.75) is 43.3 Å². The van der Waals surface area contributed by atoms with Crippen LogP contribution in [-0.2, 0) is 16.5 Å². The summed E-state index contributed by atoms with van der Waals surface area (Å²) in [5, 5.41) is 14.6. The highest BCUT2D eigenvalue weighted by Crippen LogP contribution is 2.50. The Balaban J connectivity index is 1.73. The molecule has 1 unspecified atom stereocenters. The van der Waals surface area contributed by atoms with Gasteiger partial charge in [-0.05, 0) is 52.6 Å². The van der Waals surface area contributed by atoms with Gasteiger partial charge in [-0.3, -0.25) is 4.79 Å². The van der Waals surface area contributed by atoms with Crippen molar-refractivity contribution >= 4 is 17.1 Å². The lowest BCUT2D eigenvalue weighted by molar-refractivity contribution is -0.201. The van der Waals surface area contributed by atoms with Crippen LogP contribution in [-0.4, -0.2) is 45.5 Å². The number of hydrogen-bond acceptors (Lipinski definition) is 5. The molecule has 0 bridgehead atoms. The second-order valence-corrected chi connectivity index (χ2v) is 8.79. The number of amides is 1. The first-order valence-corrected chi connectivity index (χ1v) is 11.4. The Kier molecular flexibility index (Phi) is 7.56. The lowest BCUT2D eigenvalue weighted by atomic mass is 9.76. The van der Waals surface area contributed by atoms with Gasteiger partial charge in [0.15, 0.2) is 5.54 Å². The quantitative estimate of drug-likeness (QED) is 0.272. The number of alkyl halides is 9. The maximum atomic E-state index is 14.7. The van der Waals surface area contributed by atoms with Crippen molar-refractivity contribution in [2.24, 2.45) is 0 Å². The molecule has 7 nitrogen and oxygen atoms in total. The van der Waals surface area contributed by atoms with Gasteiger partial charge in [0.1, 0.15) is 5.75 Å². The number of aromatic amines is 1. The van der Waals surface area contributed by atoms with Gasteiger partial charge in [-0.25, -0.2) is 0 Å². The number of nitrogens with one attached hydrogen (secondary N) is 2. The maximum Gasteiger partial charge on any atom is 0.416 e. The summed E-state index contributed by atoms with van der Waals surface area (Å²) >= 11 is 0. The van der Waals surface area contributed by atoms with Gasteiger partial charge < -0.3 is 10.1 Å². The molecule has 1 amide bonds. The third-order valence-electron chi connectivity index (χ3n) is 6.13. The molecule has 2 N–H and O–H groups in total. The van der Waals surface area contributed by atoms with Crippen molar-refractivity contribution in [3.63, 3.8) is 0 Å². The van der Waals surface area contributed by atoms with Crippen molar-refractivity contribution in [1.82, 2.24) is 25.9 Å². The third kappa shape index (κ3) is 6.04. The van der Waals surface area contributed by atoms with Crippen molar-refractivity contribution < 1.29 is 49.0 Å². The number of aromatic nitrogens is 4. The average molecular weight is 579 g/mol. The smallest absolute Gasteiger partial charge is 0.416 e. The maximum absolute atomic E-state index is 14.7. The van der Waals surface area contributed by atoms with Crippen LogP contribution >= 0.6 is 0 Å². The van der Waals surface area contributed by atoms with Crippen LogP contribution in [0.1, 0.15) is 41.8 Å². The van der Waals surface area contributed by atoms with E-state index in [1.165, 1.54) is 0 Å². The summed E-state index contributed by atoms with van der Waals surface area (Å²) < 4.78 is 126. The molecular weight excluding hydrogens is 561 g/mol. The van der Waals surface area contributed by atoms with E-state index in [1.807, 2.05) is 5.32 Å². The molecule has 2 heterocycles. The van der Waals surface area contributed by atoms with Crippen LogP contribution < -0.4 is 10.1 Å². The van der Waals surface area contributed by atoms with E-state index in [0.717, 1.165) is 36.4 Å². The van der Waals surface area contributed by atoms with Gasteiger partial charge in [-0.2, -0.15) is 44.7 Å². The zero-order valence-electron chi connectivity index (χ0n) is 20.0. The lowest BCUT2D eigenvalue weighted by Crippen LogP contribution is -2.58. The molecular formula is C24H18F9N5O2. The SMILES string of the molecule is O=C1NC(c2ccc(OCCCC(F)(F)F)cc2)(C(F)(F)F)CC(c2ccc(C(F)(F)F)cc2)=C1c1nn[nH]n1. The molecule has 1 aliphatic heterocycles. The summed E-state index contributed by atoms with van der Waals surface area (Å²) in [5.74, 6) is -1.63. The topological polar surface area (TPSA) is 92.8 Å². The number of tetrazole rings is 1.